The first kappa shape index (κ1) is 21.9. The third-order valence-corrected chi connectivity index (χ3v) is 5.83. The first-order chi connectivity index (χ1) is 15.1. The molecule has 0 radical (unpaired) electrons. The number of hydrogen-bond donors (Lipinski definition) is 0. The molecule has 2 heterocycles. The quantitative estimate of drug-likeness (QED) is 0.629. The van der Waals surface area contributed by atoms with Gasteiger partial charge in [-0.25, -0.2) is 4.90 Å². The van der Waals surface area contributed by atoms with Crippen LogP contribution in [0, 0.1) is 12.8 Å². The molecule has 0 N–H and O–H groups in total. The van der Waals surface area contributed by atoms with E-state index in [1.165, 1.54) is 12.1 Å². The highest BCUT2D eigenvalue weighted by Gasteiger charge is 2.43. The molecule has 1 fully saturated rings. The lowest BCUT2D eigenvalue weighted by Crippen LogP contribution is -2.38. The summed E-state index contributed by atoms with van der Waals surface area (Å²) in [5, 5.41) is 0. The van der Waals surface area contributed by atoms with Crippen LogP contribution >= 0.6 is 0 Å². The van der Waals surface area contributed by atoms with Crippen LogP contribution in [0.25, 0.3) is 5.57 Å². The molecule has 2 aliphatic heterocycles. The minimum Gasteiger partial charge on any atom is -0.406 e. The monoisotopic (exact) mass is 444 g/mol. The van der Waals surface area contributed by atoms with Crippen molar-refractivity contribution < 1.29 is 27.5 Å². The van der Waals surface area contributed by atoms with Crippen molar-refractivity contribution in [2.45, 2.75) is 33.1 Å². The Morgan fingerprint density at radius 1 is 0.906 bits per heavy atom. The molecule has 0 aliphatic carbocycles. The Bertz CT molecular complexity index is 1050. The van der Waals surface area contributed by atoms with Crippen molar-refractivity contribution in [3.05, 3.63) is 65.4 Å². The number of piperidine rings is 1. The van der Waals surface area contributed by atoms with Gasteiger partial charge in [0, 0.05) is 13.1 Å². The molecule has 0 atom stereocenters. The molecule has 32 heavy (non-hydrogen) atoms. The van der Waals surface area contributed by atoms with Gasteiger partial charge in [0.25, 0.3) is 11.8 Å². The normalized spacial score (nSPS) is 18.0. The molecule has 1 saturated heterocycles. The largest absolute Gasteiger partial charge is 0.573 e. The van der Waals surface area contributed by atoms with Crippen molar-refractivity contribution in [2.75, 3.05) is 18.0 Å². The van der Waals surface area contributed by atoms with E-state index in [0.717, 1.165) is 35.4 Å². The standard InChI is InChI=1S/C24H23F3N2O3/c1-15-3-5-17(6-4-15)20-21(28-13-11-16(2)12-14-28)23(31)29(22(20)30)18-7-9-19(10-8-18)32-24(25,26)27/h3-10,16H,11-14H2,1-2H3. The summed E-state index contributed by atoms with van der Waals surface area (Å²) in [6.45, 7) is 5.42. The van der Waals surface area contributed by atoms with Gasteiger partial charge in [-0.3, -0.25) is 9.59 Å². The smallest absolute Gasteiger partial charge is 0.406 e. The van der Waals surface area contributed by atoms with E-state index in [0.29, 0.717) is 35.8 Å². The second-order valence-electron chi connectivity index (χ2n) is 8.25. The van der Waals surface area contributed by atoms with Gasteiger partial charge in [0.1, 0.15) is 11.4 Å². The first-order valence-corrected chi connectivity index (χ1v) is 10.4. The van der Waals surface area contributed by atoms with E-state index in [-0.39, 0.29) is 5.69 Å². The van der Waals surface area contributed by atoms with Gasteiger partial charge in [0.05, 0.1) is 11.3 Å². The second kappa shape index (κ2) is 8.33. The van der Waals surface area contributed by atoms with Gasteiger partial charge in [-0.2, -0.15) is 0 Å². The van der Waals surface area contributed by atoms with Crippen LogP contribution < -0.4 is 9.64 Å². The predicted octanol–water partition coefficient (Wildman–Crippen LogP) is 4.91. The molecule has 0 saturated carbocycles. The van der Waals surface area contributed by atoms with Crippen molar-refractivity contribution >= 4 is 23.1 Å². The number of benzene rings is 2. The number of amides is 2. The number of nitrogens with zero attached hydrogens (tertiary/aromatic N) is 2. The fraction of sp³-hybridized carbons (Fsp3) is 0.333. The van der Waals surface area contributed by atoms with Crippen molar-refractivity contribution in [1.29, 1.82) is 0 Å². The Morgan fingerprint density at radius 2 is 1.50 bits per heavy atom. The summed E-state index contributed by atoms with van der Waals surface area (Å²) in [6.07, 6.45) is -3.00. The Labute approximate surface area is 184 Å². The molecule has 2 aromatic rings. The summed E-state index contributed by atoms with van der Waals surface area (Å²) in [4.78, 5) is 29.9. The third-order valence-electron chi connectivity index (χ3n) is 5.83. The molecule has 0 unspecified atom stereocenters. The Kier molecular flexibility index (Phi) is 5.71. The fourth-order valence-electron chi connectivity index (χ4n) is 4.06. The van der Waals surface area contributed by atoms with Gasteiger partial charge in [0.15, 0.2) is 0 Å². The van der Waals surface area contributed by atoms with Crippen molar-refractivity contribution in [1.82, 2.24) is 4.90 Å². The molecule has 5 nitrogen and oxygen atoms in total. The number of carbonyl (C=O) groups is 2. The zero-order valence-corrected chi connectivity index (χ0v) is 17.8. The van der Waals surface area contributed by atoms with E-state index in [1.807, 2.05) is 36.1 Å². The van der Waals surface area contributed by atoms with E-state index in [2.05, 4.69) is 11.7 Å². The van der Waals surface area contributed by atoms with Crippen molar-refractivity contribution in [3.8, 4) is 5.75 Å². The number of halogens is 3. The summed E-state index contributed by atoms with van der Waals surface area (Å²) in [6, 6.07) is 12.1. The lowest BCUT2D eigenvalue weighted by molar-refractivity contribution is -0.274. The number of rotatable bonds is 4. The van der Waals surface area contributed by atoms with Crippen LogP contribution in [-0.2, 0) is 9.59 Å². The number of ether oxygens (including phenoxy) is 1. The summed E-state index contributed by atoms with van der Waals surface area (Å²) in [7, 11) is 0. The van der Waals surface area contributed by atoms with Gasteiger partial charge in [-0.1, -0.05) is 36.8 Å². The molecule has 0 bridgehead atoms. The average Bonchev–Trinajstić information content (AvgIpc) is 2.99. The second-order valence-corrected chi connectivity index (χ2v) is 8.25. The number of hydrogen-bond acceptors (Lipinski definition) is 4. The molecule has 2 aliphatic rings. The zero-order valence-electron chi connectivity index (χ0n) is 17.8. The molecular formula is C24H23F3N2O3. The van der Waals surface area contributed by atoms with Gasteiger partial charge in [-0.05, 0) is 55.5 Å². The highest BCUT2D eigenvalue weighted by molar-refractivity contribution is 6.45. The molecule has 4 rings (SSSR count). The maximum atomic E-state index is 13.5. The van der Waals surface area contributed by atoms with Crippen LogP contribution in [0.3, 0.4) is 0 Å². The van der Waals surface area contributed by atoms with Crippen LogP contribution in [0.2, 0.25) is 0 Å². The van der Waals surface area contributed by atoms with E-state index in [9.17, 15) is 22.8 Å². The Balaban J connectivity index is 1.71. The summed E-state index contributed by atoms with van der Waals surface area (Å²) in [5.41, 5.74) is 2.53. The molecule has 0 spiro atoms. The summed E-state index contributed by atoms with van der Waals surface area (Å²) in [5.74, 6) is -0.835. The van der Waals surface area contributed by atoms with E-state index in [4.69, 9.17) is 0 Å². The molecule has 2 aromatic carbocycles. The topological polar surface area (TPSA) is 49.9 Å². The number of alkyl halides is 3. The van der Waals surface area contributed by atoms with Gasteiger partial charge < -0.3 is 9.64 Å². The van der Waals surface area contributed by atoms with Gasteiger partial charge in [-0.15, -0.1) is 13.2 Å². The first-order valence-electron chi connectivity index (χ1n) is 10.4. The molecule has 0 aromatic heterocycles. The minimum absolute atomic E-state index is 0.194. The maximum Gasteiger partial charge on any atom is 0.573 e. The van der Waals surface area contributed by atoms with Crippen LogP contribution in [0.15, 0.2) is 54.2 Å². The van der Waals surface area contributed by atoms with Gasteiger partial charge >= 0.3 is 6.36 Å². The van der Waals surface area contributed by atoms with E-state index >= 15 is 0 Å². The summed E-state index contributed by atoms with van der Waals surface area (Å²) >= 11 is 0. The molecule has 8 heteroatoms. The van der Waals surface area contributed by atoms with E-state index in [1.54, 1.807) is 0 Å². The van der Waals surface area contributed by atoms with E-state index < -0.39 is 23.9 Å². The number of likely N-dealkylation sites (tertiary alicyclic amines) is 1. The average molecular weight is 444 g/mol. The lowest BCUT2D eigenvalue weighted by atomic mass is 9.97. The number of imide groups is 1. The fourth-order valence-corrected chi connectivity index (χ4v) is 4.06. The summed E-state index contributed by atoms with van der Waals surface area (Å²) < 4.78 is 41.3. The molecular weight excluding hydrogens is 421 g/mol. The number of carbonyl (C=O) groups excluding carboxylic acids is 2. The Morgan fingerprint density at radius 3 is 2.06 bits per heavy atom. The van der Waals surface area contributed by atoms with Crippen LogP contribution in [0.4, 0.5) is 18.9 Å². The molecule has 2 amide bonds. The van der Waals surface area contributed by atoms with Crippen LogP contribution in [0.1, 0.15) is 30.9 Å². The van der Waals surface area contributed by atoms with Gasteiger partial charge in [0.2, 0.25) is 0 Å². The SMILES string of the molecule is Cc1ccc(C2=C(N3CCC(C)CC3)C(=O)N(c3ccc(OC(F)(F)F)cc3)C2=O)cc1. The highest BCUT2D eigenvalue weighted by atomic mass is 19.4. The van der Waals surface area contributed by atoms with Crippen LogP contribution in [0.5, 0.6) is 5.75 Å². The maximum absolute atomic E-state index is 13.5. The van der Waals surface area contributed by atoms with Crippen LogP contribution in [-0.4, -0.2) is 36.2 Å². The Hall–Kier alpha value is -3.29. The zero-order chi connectivity index (χ0) is 23.0. The molecule has 168 valence electrons. The number of anilines is 1. The number of aryl methyl sites for hydroxylation is 1. The predicted molar refractivity (Wildman–Crippen MR) is 114 cm³/mol. The van der Waals surface area contributed by atoms with Crippen molar-refractivity contribution in [3.63, 3.8) is 0 Å². The van der Waals surface area contributed by atoms with Crippen molar-refractivity contribution in [2.24, 2.45) is 5.92 Å². The highest BCUT2D eigenvalue weighted by Crippen LogP contribution is 2.37. The minimum atomic E-state index is -4.82. The third kappa shape index (κ3) is 4.35. The lowest BCUT2D eigenvalue weighted by Gasteiger charge is -2.32.